The Morgan fingerprint density at radius 3 is 2.70 bits per heavy atom. The lowest BCUT2D eigenvalue weighted by molar-refractivity contribution is -0.128. The number of amides is 2. The minimum atomic E-state index is -0.665. The minimum Gasteiger partial charge on any atom is -0.353 e. The number of hydrogen-bond donors (Lipinski definition) is 3. The summed E-state index contributed by atoms with van der Waals surface area (Å²) in [5, 5.41) is 5.45. The van der Waals surface area contributed by atoms with Crippen LogP contribution in [0.25, 0.3) is 0 Å². The molecule has 5 nitrogen and oxygen atoms in total. The third kappa shape index (κ3) is 3.45. The Labute approximate surface area is 118 Å². The maximum Gasteiger partial charge on any atom is 0.246 e. The van der Waals surface area contributed by atoms with Gasteiger partial charge in [-0.1, -0.05) is 42.5 Å². The van der Waals surface area contributed by atoms with Crippen LogP contribution in [-0.4, -0.2) is 30.4 Å². The van der Waals surface area contributed by atoms with E-state index < -0.39 is 12.1 Å². The molecule has 106 valence electrons. The molecule has 2 rings (SSSR count). The number of carbonyl (C=O) groups is 2. The van der Waals surface area contributed by atoms with E-state index in [1.54, 1.807) is 13.0 Å². The summed E-state index contributed by atoms with van der Waals surface area (Å²) in [5.74, 6) is -0.445. The van der Waals surface area contributed by atoms with Crippen LogP contribution >= 0.6 is 0 Å². The van der Waals surface area contributed by atoms with Gasteiger partial charge >= 0.3 is 0 Å². The van der Waals surface area contributed by atoms with E-state index in [4.69, 9.17) is 5.73 Å². The number of nitrogens with two attached hydrogens (primary N) is 1. The molecule has 20 heavy (non-hydrogen) atoms. The van der Waals surface area contributed by atoms with Crippen LogP contribution in [0.5, 0.6) is 0 Å². The zero-order chi connectivity index (χ0) is 14.5. The molecule has 1 aromatic carbocycles. The lowest BCUT2D eigenvalue weighted by Crippen LogP contribution is -2.49. The van der Waals surface area contributed by atoms with Gasteiger partial charge in [-0.25, -0.2) is 0 Å². The standard InChI is InChI=1S/C15H19N3O2/c1-10(16)14(19)18-13-8-7-12(9-17-15(13)20)11-5-3-2-4-6-11/h2-8,10,12-13H,9,16H2,1H3,(H,17,20)(H,18,19)/t10-,12-,13-/m0/s1. The molecule has 0 saturated heterocycles. The second-order valence-electron chi connectivity index (χ2n) is 4.92. The first-order valence-corrected chi connectivity index (χ1v) is 6.65. The Morgan fingerprint density at radius 2 is 2.05 bits per heavy atom. The smallest absolute Gasteiger partial charge is 0.246 e. The fourth-order valence-electron chi connectivity index (χ4n) is 2.05. The molecule has 1 aliphatic heterocycles. The lowest BCUT2D eigenvalue weighted by Gasteiger charge is -2.14. The molecule has 0 saturated carbocycles. The second-order valence-corrected chi connectivity index (χ2v) is 4.92. The average Bonchev–Trinajstić information content (AvgIpc) is 2.63. The fourth-order valence-corrected chi connectivity index (χ4v) is 2.05. The molecular weight excluding hydrogens is 254 g/mol. The van der Waals surface area contributed by atoms with Crippen molar-refractivity contribution < 1.29 is 9.59 Å². The maximum atomic E-state index is 11.9. The van der Waals surface area contributed by atoms with E-state index in [-0.39, 0.29) is 17.7 Å². The molecule has 0 fully saturated rings. The summed E-state index contributed by atoms with van der Waals surface area (Å²) >= 11 is 0. The topological polar surface area (TPSA) is 84.2 Å². The van der Waals surface area contributed by atoms with Crippen molar-refractivity contribution in [2.75, 3.05) is 6.54 Å². The molecule has 1 heterocycles. The maximum absolute atomic E-state index is 11.9. The van der Waals surface area contributed by atoms with Crippen molar-refractivity contribution in [3.63, 3.8) is 0 Å². The van der Waals surface area contributed by atoms with E-state index >= 15 is 0 Å². The van der Waals surface area contributed by atoms with Crippen LogP contribution in [0.4, 0.5) is 0 Å². The van der Waals surface area contributed by atoms with E-state index in [0.717, 1.165) is 5.56 Å². The van der Waals surface area contributed by atoms with Crippen LogP contribution in [-0.2, 0) is 9.59 Å². The number of carbonyl (C=O) groups excluding carboxylic acids is 2. The van der Waals surface area contributed by atoms with Crippen molar-refractivity contribution >= 4 is 11.8 Å². The third-order valence-corrected chi connectivity index (χ3v) is 3.25. The van der Waals surface area contributed by atoms with Gasteiger partial charge in [0.05, 0.1) is 6.04 Å². The van der Waals surface area contributed by atoms with E-state index in [1.807, 2.05) is 36.4 Å². The predicted octanol–water partition coefficient (Wildman–Crippen LogP) is 0.288. The normalized spacial score (nSPS) is 23.6. The molecule has 0 radical (unpaired) electrons. The third-order valence-electron chi connectivity index (χ3n) is 3.25. The lowest BCUT2D eigenvalue weighted by atomic mass is 9.99. The molecule has 3 atom stereocenters. The van der Waals surface area contributed by atoms with Gasteiger partial charge in [0, 0.05) is 12.5 Å². The van der Waals surface area contributed by atoms with Gasteiger partial charge in [0.2, 0.25) is 11.8 Å². The Morgan fingerprint density at radius 1 is 1.35 bits per heavy atom. The molecule has 5 heteroatoms. The molecule has 1 aliphatic rings. The zero-order valence-electron chi connectivity index (χ0n) is 11.4. The van der Waals surface area contributed by atoms with Crippen molar-refractivity contribution in [3.05, 3.63) is 48.0 Å². The quantitative estimate of drug-likeness (QED) is 0.692. The van der Waals surface area contributed by atoms with Gasteiger partial charge in [0.15, 0.2) is 0 Å². The fraction of sp³-hybridized carbons (Fsp3) is 0.333. The van der Waals surface area contributed by atoms with Crippen LogP contribution in [0.3, 0.4) is 0 Å². The molecule has 0 unspecified atom stereocenters. The Hall–Kier alpha value is -2.14. The second kappa shape index (κ2) is 6.34. The van der Waals surface area contributed by atoms with Crippen LogP contribution < -0.4 is 16.4 Å². The zero-order valence-corrected chi connectivity index (χ0v) is 11.4. The molecule has 0 spiro atoms. The van der Waals surface area contributed by atoms with Gasteiger partial charge in [0.25, 0.3) is 0 Å². The summed E-state index contributed by atoms with van der Waals surface area (Å²) in [6.07, 6.45) is 3.67. The number of rotatable bonds is 3. The van der Waals surface area contributed by atoms with Crippen LogP contribution in [0.1, 0.15) is 18.4 Å². The van der Waals surface area contributed by atoms with Gasteiger partial charge in [0.1, 0.15) is 6.04 Å². The van der Waals surface area contributed by atoms with Gasteiger partial charge in [-0.05, 0) is 12.5 Å². The van der Waals surface area contributed by atoms with E-state index in [1.165, 1.54) is 0 Å². The molecule has 1 aromatic rings. The summed E-state index contributed by atoms with van der Waals surface area (Å²) in [4.78, 5) is 23.5. The predicted molar refractivity (Wildman–Crippen MR) is 76.9 cm³/mol. The average molecular weight is 273 g/mol. The van der Waals surface area contributed by atoms with Crippen molar-refractivity contribution in [2.24, 2.45) is 5.73 Å². The van der Waals surface area contributed by atoms with E-state index in [2.05, 4.69) is 10.6 Å². The van der Waals surface area contributed by atoms with Crippen molar-refractivity contribution in [1.82, 2.24) is 10.6 Å². The minimum absolute atomic E-state index is 0.109. The van der Waals surface area contributed by atoms with Crippen molar-refractivity contribution in [1.29, 1.82) is 0 Å². The van der Waals surface area contributed by atoms with Crippen molar-refractivity contribution in [3.8, 4) is 0 Å². The Kier molecular flexibility index (Phi) is 4.53. The van der Waals surface area contributed by atoms with Gasteiger partial charge in [-0.3, -0.25) is 9.59 Å². The first-order valence-electron chi connectivity index (χ1n) is 6.65. The first kappa shape index (κ1) is 14.3. The monoisotopic (exact) mass is 273 g/mol. The highest BCUT2D eigenvalue weighted by atomic mass is 16.2. The van der Waals surface area contributed by atoms with Crippen LogP contribution in [0.15, 0.2) is 42.5 Å². The SMILES string of the molecule is C[C@H](N)C(=O)N[C@H]1C=C[C@H](c2ccccc2)CNC1=O. The van der Waals surface area contributed by atoms with Gasteiger partial charge in [-0.15, -0.1) is 0 Å². The summed E-state index contributed by atoms with van der Waals surface area (Å²) < 4.78 is 0. The molecule has 4 N–H and O–H groups in total. The number of hydrogen-bond acceptors (Lipinski definition) is 3. The van der Waals surface area contributed by atoms with E-state index in [0.29, 0.717) is 6.54 Å². The summed E-state index contributed by atoms with van der Waals surface area (Å²) in [6, 6.07) is 8.61. The van der Waals surface area contributed by atoms with Crippen molar-refractivity contribution in [2.45, 2.75) is 24.9 Å². The van der Waals surface area contributed by atoms with Crippen LogP contribution in [0.2, 0.25) is 0 Å². The highest BCUT2D eigenvalue weighted by Crippen LogP contribution is 2.18. The van der Waals surface area contributed by atoms with Gasteiger partial charge in [-0.2, -0.15) is 0 Å². The summed E-state index contributed by atoms with van der Waals surface area (Å²) in [6.45, 7) is 2.10. The first-order chi connectivity index (χ1) is 9.58. The molecule has 2 amide bonds. The largest absolute Gasteiger partial charge is 0.353 e. The molecular formula is C15H19N3O2. The summed E-state index contributed by atoms with van der Waals surface area (Å²) in [7, 11) is 0. The van der Waals surface area contributed by atoms with Crippen LogP contribution in [0, 0.1) is 0 Å². The van der Waals surface area contributed by atoms with E-state index in [9.17, 15) is 9.59 Å². The number of benzene rings is 1. The Bertz CT molecular complexity index is 511. The molecule has 0 aromatic heterocycles. The number of nitrogens with one attached hydrogen (secondary N) is 2. The summed E-state index contributed by atoms with van der Waals surface area (Å²) in [5.41, 5.74) is 6.62. The molecule has 0 aliphatic carbocycles. The Balaban J connectivity index is 2.10. The molecule has 0 bridgehead atoms. The highest BCUT2D eigenvalue weighted by Gasteiger charge is 2.23. The highest BCUT2D eigenvalue weighted by molar-refractivity contribution is 5.91. The van der Waals surface area contributed by atoms with Gasteiger partial charge < -0.3 is 16.4 Å².